The van der Waals surface area contributed by atoms with E-state index in [1.807, 2.05) is 0 Å². The average molecular weight is 498 g/mol. The van der Waals surface area contributed by atoms with Crippen LogP contribution in [0.3, 0.4) is 0 Å². The molecule has 0 rings (SSSR count). The van der Waals surface area contributed by atoms with Gasteiger partial charge < -0.3 is 62.6 Å². The molecular formula is C3H12Na3O18P3. The molecule has 12 N–H and O–H groups in total. The first-order chi connectivity index (χ1) is 7.93. The van der Waals surface area contributed by atoms with Crippen molar-refractivity contribution in [3.05, 3.63) is 0 Å². The van der Waals surface area contributed by atoms with Crippen LogP contribution >= 0.6 is 23.0 Å². The number of carboxylic acid groups (broad SMARTS) is 3. The molecular weight excluding hydrogens is 486 g/mol. The molecule has 24 heteroatoms. The molecule has 0 saturated carbocycles. The van der Waals surface area contributed by atoms with E-state index in [4.69, 9.17) is 57.1 Å². The second kappa shape index (κ2) is 50.5. The summed E-state index contributed by atoms with van der Waals surface area (Å²) in [7, 11) is -10.1. The predicted molar refractivity (Wildman–Crippen MR) is 62.7 cm³/mol. The standard InChI is InChI=1S/3CHO4P.3Na.6H2O/c3*2-1(3)6(4)5;;;;;;;;;/h3*(H,2,3);;;;6*1H2/q;;;3*+1;;;;;;/p-3. The Morgan fingerprint density at radius 3 is 0.444 bits per heavy atom. The Balaban J connectivity index is -0.0000000107. The van der Waals surface area contributed by atoms with Crippen LogP contribution in [-0.2, 0) is 27.4 Å². The maximum Gasteiger partial charge on any atom is 1.00 e. The van der Waals surface area contributed by atoms with Crippen LogP contribution < -0.4 is 104 Å². The molecule has 150 valence electrons. The van der Waals surface area contributed by atoms with Crippen molar-refractivity contribution in [2.24, 2.45) is 0 Å². The summed E-state index contributed by atoms with van der Waals surface area (Å²) in [5.74, 6) is 0. The molecule has 0 aromatic rings. The van der Waals surface area contributed by atoms with E-state index in [-0.39, 0.29) is 122 Å². The van der Waals surface area contributed by atoms with Gasteiger partial charge >= 0.3 is 112 Å². The Bertz CT molecular complexity index is 433. The molecule has 0 amide bonds. The minimum atomic E-state index is -3.35. The van der Waals surface area contributed by atoms with Crippen molar-refractivity contribution in [3.63, 3.8) is 0 Å². The van der Waals surface area contributed by atoms with Gasteiger partial charge in [-0.2, -0.15) is 0 Å². The van der Waals surface area contributed by atoms with Crippen LogP contribution in [0.4, 0.5) is 14.4 Å². The Morgan fingerprint density at radius 2 is 0.444 bits per heavy atom. The van der Waals surface area contributed by atoms with Gasteiger partial charge in [-0.3, -0.25) is 0 Å². The Morgan fingerprint density at radius 1 is 0.407 bits per heavy atom. The second-order valence-corrected chi connectivity index (χ2v) is 4.21. The number of hydrogen-bond acceptors (Lipinski definition) is 12. The van der Waals surface area contributed by atoms with Crippen molar-refractivity contribution >= 4 is 40.2 Å². The second-order valence-electron chi connectivity index (χ2n) is 1.57. The van der Waals surface area contributed by atoms with E-state index in [2.05, 4.69) is 0 Å². The van der Waals surface area contributed by atoms with Crippen LogP contribution in [0.5, 0.6) is 0 Å². The molecule has 0 atom stereocenters. The molecule has 0 aromatic heterocycles. The first kappa shape index (κ1) is 79.9. The quantitative estimate of drug-likeness (QED) is 0.258. The van der Waals surface area contributed by atoms with Gasteiger partial charge in [0.2, 0.25) is 0 Å². The van der Waals surface area contributed by atoms with Gasteiger partial charge in [-0.25, -0.2) is 27.4 Å². The smallest absolute Gasteiger partial charge is 0.536 e. The molecule has 0 aliphatic rings. The fraction of sp³-hybridized carbons (Fsp3) is 0. The van der Waals surface area contributed by atoms with E-state index < -0.39 is 40.2 Å². The summed E-state index contributed by atoms with van der Waals surface area (Å²) < 4.78 is 54.4. The van der Waals surface area contributed by atoms with E-state index in [9.17, 15) is 0 Å². The Kier molecular flexibility index (Phi) is 149. The van der Waals surface area contributed by atoms with Crippen LogP contribution in [-0.4, -0.2) is 50.0 Å². The van der Waals surface area contributed by atoms with Crippen LogP contribution in [0, 0.1) is 0 Å². The van der Waals surface area contributed by atoms with Gasteiger partial charge in [-0.1, -0.05) is 0 Å². The molecule has 0 aliphatic carbocycles. The number of carbonyl (C=O) groups is 3. The summed E-state index contributed by atoms with van der Waals surface area (Å²) >= 11 is 0. The number of carbonyl (C=O) groups excluding carboxylic acids is 3. The summed E-state index contributed by atoms with van der Waals surface area (Å²) in [6.07, 6.45) is 0. The van der Waals surface area contributed by atoms with E-state index in [1.165, 1.54) is 0 Å². The molecule has 0 heterocycles. The van der Waals surface area contributed by atoms with Crippen LogP contribution in [0.25, 0.3) is 0 Å². The molecule has 0 fully saturated rings. The summed E-state index contributed by atoms with van der Waals surface area (Å²) in [6, 6.07) is 0. The summed E-state index contributed by atoms with van der Waals surface area (Å²) in [5, 5.41) is 27.0. The van der Waals surface area contributed by atoms with Crippen molar-refractivity contribution in [1.29, 1.82) is 0 Å². The molecule has 18 nitrogen and oxygen atoms in total. The molecule has 0 radical (unpaired) electrons. The van der Waals surface area contributed by atoms with Crippen LogP contribution in [0.1, 0.15) is 0 Å². The van der Waals surface area contributed by atoms with Gasteiger partial charge in [0.1, 0.15) is 0 Å². The van der Waals surface area contributed by atoms with Gasteiger partial charge in [-0.15, -0.1) is 0 Å². The molecule has 0 spiro atoms. The van der Waals surface area contributed by atoms with Gasteiger partial charge in [-0.05, 0) is 0 Å². The van der Waals surface area contributed by atoms with Crippen molar-refractivity contribution in [2.45, 2.75) is 0 Å². The zero-order valence-corrected chi connectivity index (χ0v) is 22.4. The molecule has 0 unspecified atom stereocenters. The maximum atomic E-state index is 9.07. The predicted octanol–water partition coefficient (Wildman–Crippen LogP) is -15.4. The molecule has 0 saturated heterocycles. The zero-order chi connectivity index (χ0) is 15.5. The number of hydrogen-bond donors (Lipinski definition) is 0. The van der Waals surface area contributed by atoms with Crippen molar-refractivity contribution in [3.8, 4) is 0 Å². The third kappa shape index (κ3) is 100. The minimum absolute atomic E-state index is 0. The monoisotopic (exact) mass is 498 g/mol. The van der Waals surface area contributed by atoms with Crippen molar-refractivity contribution in [2.75, 3.05) is 0 Å². The van der Waals surface area contributed by atoms with Gasteiger partial charge in [0.15, 0.2) is 17.1 Å². The topological polar surface area (TPSA) is 412 Å². The molecule has 0 aromatic carbocycles. The molecule has 27 heavy (non-hydrogen) atoms. The Hall–Kier alpha value is 0.870. The summed E-state index contributed by atoms with van der Waals surface area (Å²) in [5.41, 5.74) is -6.11. The Labute approximate surface area is 216 Å². The SMILES string of the molecule is O.O.O.O.O.O.O=C([O-])P(=O)=O.O=C([O-])P(=O)=O.O=C([O-])P(=O)=O.[Na+].[Na+].[Na+]. The van der Waals surface area contributed by atoms with Crippen molar-refractivity contribution < 1.29 is 179 Å². The van der Waals surface area contributed by atoms with Crippen LogP contribution in [0.15, 0.2) is 0 Å². The minimum Gasteiger partial charge on any atom is -0.536 e. The fourth-order valence-corrected chi connectivity index (χ4v) is 0. The normalized spacial score (nSPS) is 4.89. The van der Waals surface area contributed by atoms with Crippen LogP contribution in [0.2, 0.25) is 0 Å². The van der Waals surface area contributed by atoms with Gasteiger partial charge in [0.25, 0.3) is 0 Å². The number of rotatable bonds is 3. The third-order valence-corrected chi connectivity index (χ3v) is 1.34. The molecule has 0 aliphatic heterocycles. The average Bonchev–Trinajstić information content (AvgIpc) is 2.18. The van der Waals surface area contributed by atoms with Gasteiger partial charge in [0.05, 0.1) is 0 Å². The van der Waals surface area contributed by atoms with Gasteiger partial charge in [0, 0.05) is 0 Å². The van der Waals surface area contributed by atoms with E-state index in [1.54, 1.807) is 0 Å². The maximum absolute atomic E-state index is 9.07. The summed E-state index contributed by atoms with van der Waals surface area (Å²) in [6.45, 7) is 0. The zero-order valence-electron chi connectivity index (χ0n) is 13.7. The van der Waals surface area contributed by atoms with E-state index in [0.717, 1.165) is 0 Å². The summed E-state index contributed by atoms with van der Waals surface area (Å²) in [4.78, 5) is 27.0. The molecule has 0 bridgehead atoms. The van der Waals surface area contributed by atoms with E-state index in [0.29, 0.717) is 0 Å². The largest absolute Gasteiger partial charge is 1.00 e. The fourth-order valence-electron chi connectivity index (χ4n) is 0. The third-order valence-electron chi connectivity index (χ3n) is 0.447. The van der Waals surface area contributed by atoms with E-state index >= 15 is 0 Å². The van der Waals surface area contributed by atoms with Crippen molar-refractivity contribution in [1.82, 2.24) is 0 Å². The first-order valence-electron chi connectivity index (χ1n) is 2.99. The first-order valence-corrected chi connectivity index (χ1v) is 6.52.